The number of nitrogens with one attached hydrogen (secondary N) is 1. The lowest BCUT2D eigenvalue weighted by atomic mass is 9.80. The number of carbonyl (C=O) groups excluding carboxylic acids is 1. The molecule has 0 saturated carbocycles. The van der Waals surface area contributed by atoms with E-state index >= 15 is 0 Å². The van der Waals surface area contributed by atoms with Crippen molar-refractivity contribution < 1.29 is 4.79 Å². The predicted octanol–water partition coefficient (Wildman–Crippen LogP) is 8.76. The Morgan fingerprint density at radius 1 is 0.524 bits per heavy atom. The lowest BCUT2D eigenvalue weighted by molar-refractivity contribution is -0.115. The van der Waals surface area contributed by atoms with Crippen LogP contribution in [0.15, 0.2) is 187 Å². The number of allylic oxidation sites excluding steroid dienone is 6. The fraction of sp³-hybridized carbons (Fsp3) is 0.0750. The summed E-state index contributed by atoms with van der Waals surface area (Å²) in [7, 11) is 0. The van der Waals surface area contributed by atoms with Crippen LogP contribution in [0.25, 0.3) is 0 Å². The standard InChI is InChI=1S/C40H33NO/c42-40(38(33-23-12-4-13-24-33)34-25-14-5-15-26-34)36-28-16-27-35(36)39(41-29-30-17-6-1-7-18-30)37(31-19-8-2-9-20-31)32-21-10-3-11-22-32/h1-28,37-38,41H,29H2/b39-35-. The van der Waals surface area contributed by atoms with Crippen molar-refractivity contribution in [3.8, 4) is 0 Å². The molecular weight excluding hydrogens is 510 g/mol. The first-order valence-corrected chi connectivity index (χ1v) is 14.4. The van der Waals surface area contributed by atoms with E-state index in [4.69, 9.17) is 0 Å². The normalized spacial score (nSPS) is 13.7. The third-order valence-corrected chi connectivity index (χ3v) is 7.78. The molecule has 0 saturated heterocycles. The Balaban J connectivity index is 1.50. The highest BCUT2D eigenvalue weighted by molar-refractivity contribution is 6.07. The van der Waals surface area contributed by atoms with Crippen molar-refractivity contribution in [2.24, 2.45) is 0 Å². The van der Waals surface area contributed by atoms with Gasteiger partial charge in [0.15, 0.2) is 5.78 Å². The van der Waals surface area contributed by atoms with E-state index < -0.39 is 5.92 Å². The van der Waals surface area contributed by atoms with Gasteiger partial charge in [-0.05, 0) is 27.8 Å². The first-order valence-electron chi connectivity index (χ1n) is 14.4. The summed E-state index contributed by atoms with van der Waals surface area (Å²) in [5, 5.41) is 3.81. The van der Waals surface area contributed by atoms with E-state index in [1.54, 1.807) is 0 Å². The molecule has 6 rings (SSSR count). The van der Waals surface area contributed by atoms with Gasteiger partial charge in [-0.1, -0.05) is 170 Å². The smallest absolute Gasteiger partial charge is 0.175 e. The van der Waals surface area contributed by atoms with Crippen molar-refractivity contribution in [2.45, 2.75) is 18.4 Å². The van der Waals surface area contributed by atoms with Gasteiger partial charge < -0.3 is 5.32 Å². The van der Waals surface area contributed by atoms with Gasteiger partial charge in [-0.2, -0.15) is 0 Å². The maximum absolute atomic E-state index is 14.7. The number of hydrogen-bond donors (Lipinski definition) is 1. The average Bonchev–Trinajstić information content (AvgIpc) is 3.55. The molecule has 2 nitrogen and oxygen atoms in total. The molecule has 1 aliphatic rings. The summed E-state index contributed by atoms with van der Waals surface area (Å²) >= 11 is 0. The number of hydrogen-bond acceptors (Lipinski definition) is 2. The Bertz CT molecular complexity index is 1630. The zero-order chi connectivity index (χ0) is 28.6. The number of ketones is 1. The fourth-order valence-corrected chi connectivity index (χ4v) is 5.77. The van der Waals surface area contributed by atoms with Crippen LogP contribution in [0.4, 0.5) is 0 Å². The van der Waals surface area contributed by atoms with Gasteiger partial charge in [0.25, 0.3) is 0 Å². The maximum Gasteiger partial charge on any atom is 0.175 e. The van der Waals surface area contributed by atoms with Crippen LogP contribution in [0.3, 0.4) is 0 Å². The maximum atomic E-state index is 14.7. The van der Waals surface area contributed by atoms with Gasteiger partial charge in [0.2, 0.25) is 0 Å². The van der Waals surface area contributed by atoms with E-state index in [1.165, 1.54) is 16.7 Å². The van der Waals surface area contributed by atoms with Crippen LogP contribution in [0, 0.1) is 0 Å². The Labute approximate surface area is 248 Å². The zero-order valence-corrected chi connectivity index (χ0v) is 23.4. The minimum Gasteiger partial charge on any atom is -0.383 e. The zero-order valence-electron chi connectivity index (χ0n) is 23.4. The molecule has 0 aliphatic heterocycles. The van der Waals surface area contributed by atoms with Crippen LogP contribution in [0.2, 0.25) is 0 Å². The Hall–Kier alpha value is -5.21. The van der Waals surface area contributed by atoms with Gasteiger partial charge in [-0.25, -0.2) is 0 Å². The third-order valence-electron chi connectivity index (χ3n) is 7.78. The number of Topliss-reactive ketones (excluding diaryl/α,β-unsaturated/α-hetero) is 1. The van der Waals surface area contributed by atoms with Crippen LogP contribution in [0.1, 0.15) is 39.7 Å². The van der Waals surface area contributed by atoms with Crippen LogP contribution >= 0.6 is 0 Å². The highest BCUT2D eigenvalue weighted by Gasteiger charge is 2.31. The van der Waals surface area contributed by atoms with Gasteiger partial charge in [0.05, 0.1) is 5.92 Å². The van der Waals surface area contributed by atoms with E-state index in [2.05, 4.69) is 84.2 Å². The van der Waals surface area contributed by atoms with Crippen molar-refractivity contribution in [2.75, 3.05) is 0 Å². The molecular formula is C40H33NO. The minimum atomic E-state index is -0.407. The molecule has 0 fully saturated rings. The van der Waals surface area contributed by atoms with Crippen LogP contribution in [-0.2, 0) is 11.3 Å². The summed E-state index contributed by atoms with van der Waals surface area (Å²) < 4.78 is 0. The predicted molar refractivity (Wildman–Crippen MR) is 172 cm³/mol. The van der Waals surface area contributed by atoms with E-state index in [9.17, 15) is 4.79 Å². The van der Waals surface area contributed by atoms with Gasteiger partial charge in [0, 0.05) is 29.3 Å². The molecule has 1 aliphatic carbocycles. The second-order valence-corrected chi connectivity index (χ2v) is 10.5. The second kappa shape index (κ2) is 13.0. The quantitative estimate of drug-likeness (QED) is 0.191. The first kappa shape index (κ1) is 27.0. The van der Waals surface area contributed by atoms with Crippen molar-refractivity contribution in [3.63, 3.8) is 0 Å². The van der Waals surface area contributed by atoms with Crippen molar-refractivity contribution in [1.82, 2.24) is 5.32 Å². The van der Waals surface area contributed by atoms with Gasteiger partial charge in [-0.3, -0.25) is 4.79 Å². The highest BCUT2D eigenvalue weighted by atomic mass is 16.1. The molecule has 0 bridgehead atoms. The van der Waals surface area contributed by atoms with E-state index in [0.717, 1.165) is 28.0 Å². The monoisotopic (exact) mass is 543 g/mol. The second-order valence-electron chi connectivity index (χ2n) is 10.5. The number of rotatable bonds is 10. The van der Waals surface area contributed by atoms with Crippen molar-refractivity contribution >= 4 is 5.78 Å². The lowest BCUT2D eigenvalue weighted by Crippen LogP contribution is -2.24. The van der Waals surface area contributed by atoms with E-state index in [1.807, 2.05) is 91.0 Å². The van der Waals surface area contributed by atoms with Gasteiger partial charge in [0.1, 0.15) is 0 Å². The Morgan fingerprint density at radius 2 is 0.929 bits per heavy atom. The number of benzene rings is 5. The summed E-state index contributed by atoms with van der Waals surface area (Å²) in [5.41, 5.74) is 8.17. The molecule has 5 aromatic rings. The molecule has 0 unspecified atom stereocenters. The summed E-state index contributed by atoms with van der Waals surface area (Å²) in [6, 6.07) is 51.7. The van der Waals surface area contributed by atoms with E-state index in [-0.39, 0.29) is 11.7 Å². The SMILES string of the molecule is O=C(C1=CC=C/C1=C(/NCc1ccccc1)C(c1ccccc1)c1ccccc1)C(c1ccccc1)c1ccccc1. The highest BCUT2D eigenvalue weighted by Crippen LogP contribution is 2.39. The minimum absolute atomic E-state index is 0.0861. The molecule has 0 amide bonds. The summed E-state index contributed by atoms with van der Waals surface area (Å²) in [6.45, 7) is 0.645. The number of carbonyl (C=O) groups is 1. The molecule has 42 heavy (non-hydrogen) atoms. The van der Waals surface area contributed by atoms with Gasteiger partial charge >= 0.3 is 0 Å². The van der Waals surface area contributed by atoms with Crippen molar-refractivity contribution in [1.29, 1.82) is 0 Å². The summed E-state index contributed by atoms with van der Waals surface area (Å²) in [5.74, 6) is -0.404. The van der Waals surface area contributed by atoms with Gasteiger partial charge in [-0.15, -0.1) is 0 Å². The molecule has 5 aromatic carbocycles. The Morgan fingerprint density at radius 3 is 1.38 bits per heavy atom. The molecule has 2 heteroatoms. The lowest BCUT2D eigenvalue weighted by Gasteiger charge is -2.27. The van der Waals surface area contributed by atoms with Crippen LogP contribution < -0.4 is 5.32 Å². The van der Waals surface area contributed by atoms with Crippen LogP contribution in [-0.4, -0.2) is 5.78 Å². The molecule has 0 spiro atoms. The Kier molecular flexibility index (Phi) is 8.33. The third kappa shape index (κ3) is 5.94. The van der Waals surface area contributed by atoms with E-state index in [0.29, 0.717) is 6.54 Å². The summed E-state index contributed by atoms with van der Waals surface area (Å²) in [6.07, 6.45) is 6.08. The molecule has 0 aromatic heterocycles. The topological polar surface area (TPSA) is 29.1 Å². The average molecular weight is 544 g/mol. The first-order chi connectivity index (χ1) is 20.8. The van der Waals surface area contributed by atoms with Crippen LogP contribution in [0.5, 0.6) is 0 Å². The molecule has 0 heterocycles. The largest absolute Gasteiger partial charge is 0.383 e. The molecule has 1 N–H and O–H groups in total. The fourth-order valence-electron chi connectivity index (χ4n) is 5.77. The van der Waals surface area contributed by atoms with Crippen molar-refractivity contribution in [3.05, 3.63) is 215 Å². The molecule has 0 radical (unpaired) electrons. The summed E-state index contributed by atoms with van der Waals surface area (Å²) in [4.78, 5) is 14.7. The molecule has 204 valence electrons. The molecule has 0 atom stereocenters.